The van der Waals surface area contributed by atoms with Gasteiger partial charge in [-0.3, -0.25) is 9.69 Å². The Morgan fingerprint density at radius 3 is 2.38 bits per heavy atom. The van der Waals surface area contributed by atoms with Crippen LogP contribution in [0.15, 0.2) is 48.5 Å². The van der Waals surface area contributed by atoms with Gasteiger partial charge in [0.15, 0.2) is 0 Å². The maximum atomic E-state index is 12.5. The molecule has 3 rings (SSSR count). The van der Waals surface area contributed by atoms with E-state index in [0.717, 1.165) is 44.5 Å². The first-order chi connectivity index (χ1) is 17.8. The van der Waals surface area contributed by atoms with E-state index in [9.17, 15) is 18.4 Å². The second kappa shape index (κ2) is 14.8. The minimum absolute atomic E-state index is 0.0424. The van der Waals surface area contributed by atoms with Gasteiger partial charge in [-0.2, -0.15) is 8.78 Å². The summed E-state index contributed by atoms with van der Waals surface area (Å²) in [6.45, 7) is 1.45. The van der Waals surface area contributed by atoms with Crippen molar-refractivity contribution in [2.24, 2.45) is 0 Å². The lowest BCUT2D eigenvalue weighted by Gasteiger charge is -2.34. The number of alkyl halides is 2. The number of hydrogen-bond acceptors (Lipinski definition) is 4. The fraction of sp³-hybridized carbons (Fsp3) is 0.385. The molecule has 1 fully saturated rings. The molecule has 1 heterocycles. The smallest absolute Gasteiger partial charge is 0.387 e. The van der Waals surface area contributed by atoms with E-state index in [0.29, 0.717) is 35.4 Å². The number of hydrogen-bond donors (Lipinski definition) is 2. The first-order valence-corrected chi connectivity index (χ1v) is 12.8. The van der Waals surface area contributed by atoms with Crippen molar-refractivity contribution < 1.29 is 23.1 Å². The van der Waals surface area contributed by atoms with Crippen LogP contribution in [0.5, 0.6) is 5.75 Å². The second-order valence-corrected chi connectivity index (χ2v) is 9.33. The zero-order valence-corrected chi connectivity index (χ0v) is 21.8. The van der Waals surface area contributed by atoms with Crippen LogP contribution in [0.2, 0.25) is 10.0 Å². The van der Waals surface area contributed by atoms with Crippen LogP contribution in [0.4, 0.5) is 19.3 Å². The molecule has 1 aliphatic rings. The lowest BCUT2D eigenvalue weighted by Crippen LogP contribution is -2.50. The molecule has 0 aromatic heterocycles. The molecule has 0 saturated carbocycles. The van der Waals surface area contributed by atoms with Crippen LogP contribution in [0.1, 0.15) is 24.8 Å². The molecule has 0 unspecified atom stereocenters. The molecule has 0 spiro atoms. The van der Waals surface area contributed by atoms with Gasteiger partial charge >= 0.3 is 12.6 Å². The highest BCUT2D eigenvalue weighted by molar-refractivity contribution is 6.42. The first kappa shape index (κ1) is 28.7. The Morgan fingerprint density at radius 1 is 0.973 bits per heavy atom. The normalized spacial score (nSPS) is 14.2. The van der Waals surface area contributed by atoms with Crippen molar-refractivity contribution >= 4 is 46.9 Å². The molecule has 2 aromatic rings. The van der Waals surface area contributed by atoms with Gasteiger partial charge in [-0.05, 0) is 67.4 Å². The topological polar surface area (TPSA) is 73.9 Å². The number of nitrogens with zero attached hydrogens (tertiary/aromatic N) is 2. The van der Waals surface area contributed by atoms with E-state index in [2.05, 4.69) is 20.3 Å². The molecule has 2 N–H and O–H groups in total. The average molecular weight is 555 g/mol. The number of rotatable bonds is 11. The Bertz CT molecular complexity index is 1060. The van der Waals surface area contributed by atoms with Crippen molar-refractivity contribution in [1.29, 1.82) is 0 Å². The first-order valence-electron chi connectivity index (χ1n) is 12.0. The fourth-order valence-corrected chi connectivity index (χ4v) is 4.10. The SMILES string of the molecule is O=C(/C=C/c1ccc(Cl)c(Cl)c1)NCCCCCN1CCN(C(=O)Nc2ccc(OC(F)F)cc2)CC1. The van der Waals surface area contributed by atoms with Crippen LogP contribution in [0.3, 0.4) is 0 Å². The lowest BCUT2D eigenvalue weighted by atomic mass is 10.2. The number of nitrogens with one attached hydrogen (secondary N) is 2. The van der Waals surface area contributed by atoms with E-state index in [-0.39, 0.29) is 17.7 Å². The number of carbonyl (C=O) groups excluding carboxylic acids is 2. The number of piperazine rings is 1. The van der Waals surface area contributed by atoms with E-state index in [1.807, 2.05) is 0 Å². The number of amides is 3. The second-order valence-electron chi connectivity index (χ2n) is 8.52. The standard InChI is InChI=1S/C26H30Cl2F2N4O3/c27-22-10-4-19(18-23(22)28)5-11-24(35)31-12-2-1-3-13-33-14-16-34(17-15-33)26(36)32-20-6-8-21(9-7-20)37-25(29)30/h4-11,18,25H,1-3,12-17H2,(H,31,35)(H,32,36)/b11-5+. The lowest BCUT2D eigenvalue weighted by molar-refractivity contribution is -0.116. The number of unbranched alkanes of at least 4 members (excludes halogenated alkanes) is 2. The van der Waals surface area contributed by atoms with Gasteiger partial charge in [0.05, 0.1) is 10.0 Å². The zero-order valence-electron chi connectivity index (χ0n) is 20.3. The van der Waals surface area contributed by atoms with Gasteiger partial charge in [-0.1, -0.05) is 35.7 Å². The predicted molar refractivity (Wildman–Crippen MR) is 142 cm³/mol. The summed E-state index contributed by atoms with van der Waals surface area (Å²) in [5.74, 6) is -0.112. The Morgan fingerprint density at radius 2 is 1.70 bits per heavy atom. The molecule has 11 heteroatoms. The molecule has 2 aromatic carbocycles. The van der Waals surface area contributed by atoms with Gasteiger partial charge in [-0.25, -0.2) is 4.79 Å². The molecular weight excluding hydrogens is 525 g/mol. The van der Waals surface area contributed by atoms with E-state index < -0.39 is 6.61 Å². The van der Waals surface area contributed by atoms with E-state index >= 15 is 0 Å². The third-order valence-corrected chi connectivity index (χ3v) is 6.55. The highest BCUT2D eigenvalue weighted by Crippen LogP contribution is 2.23. The van der Waals surface area contributed by atoms with E-state index in [4.69, 9.17) is 23.2 Å². The molecule has 0 aliphatic carbocycles. The van der Waals surface area contributed by atoms with Gasteiger partial charge in [0.25, 0.3) is 0 Å². The molecular formula is C26H30Cl2F2N4O3. The minimum atomic E-state index is -2.88. The Kier molecular flexibility index (Phi) is 11.4. The van der Waals surface area contributed by atoms with Crippen molar-refractivity contribution in [1.82, 2.24) is 15.1 Å². The molecule has 7 nitrogen and oxygen atoms in total. The summed E-state index contributed by atoms with van der Waals surface area (Å²) < 4.78 is 28.8. The quantitative estimate of drug-likeness (QED) is 0.274. The number of halogens is 4. The summed E-state index contributed by atoms with van der Waals surface area (Å²) in [5.41, 5.74) is 1.32. The Hall–Kier alpha value is -2.88. The largest absolute Gasteiger partial charge is 0.435 e. The number of ether oxygens (including phenoxy) is 1. The molecule has 1 saturated heterocycles. The summed E-state index contributed by atoms with van der Waals surface area (Å²) in [4.78, 5) is 28.5. The van der Waals surface area contributed by atoms with Gasteiger partial charge in [0, 0.05) is 44.5 Å². The maximum Gasteiger partial charge on any atom is 0.387 e. The van der Waals surface area contributed by atoms with Crippen molar-refractivity contribution in [3.05, 3.63) is 64.1 Å². The molecule has 0 bridgehead atoms. The molecule has 37 heavy (non-hydrogen) atoms. The molecule has 0 atom stereocenters. The van der Waals surface area contributed by atoms with Crippen molar-refractivity contribution in [2.75, 3.05) is 44.6 Å². The van der Waals surface area contributed by atoms with Gasteiger partial charge in [0.1, 0.15) is 5.75 Å². The van der Waals surface area contributed by atoms with Crippen LogP contribution in [-0.2, 0) is 4.79 Å². The summed E-state index contributed by atoms with van der Waals surface area (Å²) in [7, 11) is 0. The zero-order chi connectivity index (χ0) is 26.6. The fourth-order valence-electron chi connectivity index (χ4n) is 3.79. The monoisotopic (exact) mass is 554 g/mol. The Balaban J connectivity index is 1.24. The molecule has 200 valence electrons. The van der Waals surface area contributed by atoms with Crippen molar-refractivity contribution in [2.45, 2.75) is 25.9 Å². The molecule has 3 amide bonds. The number of anilines is 1. The van der Waals surface area contributed by atoms with Crippen LogP contribution in [-0.4, -0.2) is 67.6 Å². The van der Waals surface area contributed by atoms with Crippen molar-refractivity contribution in [3.63, 3.8) is 0 Å². The number of benzene rings is 2. The van der Waals surface area contributed by atoms with Gasteiger partial charge in [0.2, 0.25) is 5.91 Å². The summed E-state index contributed by atoms with van der Waals surface area (Å²) in [6.07, 6.45) is 6.05. The van der Waals surface area contributed by atoms with Crippen molar-refractivity contribution in [3.8, 4) is 5.75 Å². The highest BCUT2D eigenvalue weighted by atomic mass is 35.5. The average Bonchev–Trinajstić information content (AvgIpc) is 2.88. The number of urea groups is 1. The summed E-state index contributed by atoms with van der Waals surface area (Å²) in [6, 6.07) is 10.8. The van der Waals surface area contributed by atoms with Crippen LogP contribution < -0.4 is 15.4 Å². The molecule has 0 radical (unpaired) electrons. The van der Waals surface area contributed by atoms with E-state index in [1.54, 1.807) is 29.2 Å². The van der Waals surface area contributed by atoms with Crippen LogP contribution in [0, 0.1) is 0 Å². The van der Waals surface area contributed by atoms with E-state index in [1.165, 1.54) is 30.3 Å². The maximum absolute atomic E-state index is 12.5. The van der Waals surface area contributed by atoms with Crippen LogP contribution >= 0.6 is 23.2 Å². The third-order valence-electron chi connectivity index (χ3n) is 5.81. The number of carbonyl (C=O) groups is 2. The minimum Gasteiger partial charge on any atom is -0.435 e. The van der Waals surface area contributed by atoms with Crippen LogP contribution in [0.25, 0.3) is 6.08 Å². The predicted octanol–water partition coefficient (Wildman–Crippen LogP) is 5.74. The summed E-state index contributed by atoms with van der Waals surface area (Å²) in [5, 5.41) is 6.58. The Labute approximate surface area is 225 Å². The van der Waals surface area contributed by atoms with Gasteiger partial charge in [-0.15, -0.1) is 0 Å². The summed E-state index contributed by atoms with van der Waals surface area (Å²) >= 11 is 11.9. The van der Waals surface area contributed by atoms with Gasteiger partial charge < -0.3 is 20.3 Å². The third kappa shape index (κ3) is 10.2. The molecule has 1 aliphatic heterocycles. The highest BCUT2D eigenvalue weighted by Gasteiger charge is 2.20.